The van der Waals surface area contributed by atoms with E-state index in [-0.39, 0.29) is 18.0 Å². The van der Waals surface area contributed by atoms with Crippen LogP contribution in [0, 0.1) is 0 Å². The van der Waals surface area contributed by atoms with Crippen LogP contribution in [0.15, 0.2) is 12.3 Å². The van der Waals surface area contributed by atoms with E-state index in [9.17, 15) is 4.79 Å². The second kappa shape index (κ2) is 6.15. The maximum atomic E-state index is 12.5. The predicted octanol–water partition coefficient (Wildman–Crippen LogP) is 0.943. The Labute approximate surface area is 125 Å². The summed E-state index contributed by atoms with van der Waals surface area (Å²) >= 11 is 0. The molecule has 6 nitrogen and oxygen atoms in total. The summed E-state index contributed by atoms with van der Waals surface area (Å²) in [5, 5.41) is 7.37. The van der Waals surface area contributed by atoms with Crippen LogP contribution in [0.2, 0.25) is 0 Å². The van der Waals surface area contributed by atoms with Gasteiger partial charge in [-0.25, -0.2) is 0 Å². The van der Waals surface area contributed by atoms with Crippen LogP contribution in [-0.4, -0.2) is 52.4 Å². The number of hydrogen-bond donors (Lipinski definition) is 1. The smallest absolute Gasteiger partial charge is 0.246 e. The van der Waals surface area contributed by atoms with E-state index in [2.05, 4.69) is 15.3 Å². The molecule has 3 rings (SSSR count). The van der Waals surface area contributed by atoms with Crippen molar-refractivity contribution in [2.45, 2.75) is 51.4 Å². The van der Waals surface area contributed by atoms with Gasteiger partial charge in [-0.1, -0.05) is 0 Å². The summed E-state index contributed by atoms with van der Waals surface area (Å²) in [5.41, 5.74) is 1.12. The van der Waals surface area contributed by atoms with Gasteiger partial charge in [-0.3, -0.25) is 14.4 Å². The Morgan fingerprint density at radius 1 is 1.43 bits per heavy atom. The van der Waals surface area contributed by atoms with Crippen LogP contribution in [0.25, 0.3) is 0 Å². The fourth-order valence-corrected chi connectivity index (χ4v) is 3.22. The third kappa shape index (κ3) is 3.11. The highest BCUT2D eigenvalue weighted by molar-refractivity contribution is 5.81. The van der Waals surface area contributed by atoms with E-state index < -0.39 is 0 Å². The van der Waals surface area contributed by atoms with Crippen LogP contribution in [0.5, 0.6) is 0 Å². The molecule has 1 aromatic heterocycles. The minimum Gasteiger partial charge on any atom is -0.381 e. The van der Waals surface area contributed by atoms with Crippen LogP contribution in [0.1, 0.15) is 38.4 Å². The highest BCUT2D eigenvalue weighted by Gasteiger charge is 2.34. The molecule has 0 aliphatic carbocycles. The van der Waals surface area contributed by atoms with Crippen molar-refractivity contribution in [2.75, 3.05) is 19.8 Å². The zero-order chi connectivity index (χ0) is 14.8. The molecule has 1 aromatic rings. The van der Waals surface area contributed by atoms with E-state index in [1.54, 1.807) is 6.20 Å². The van der Waals surface area contributed by atoms with Gasteiger partial charge >= 0.3 is 0 Å². The standard InChI is InChI=1S/C15H24N4O2/c1-11(2)17-15(20)14-10-18(12-4-7-21-8-5-12)9-13-3-6-16-19(13)14/h3,6,11-12,14H,4-5,7-10H2,1-2H3,(H,17,20). The number of aromatic nitrogens is 2. The first-order chi connectivity index (χ1) is 10.1. The fraction of sp³-hybridized carbons (Fsp3) is 0.733. The lowest BCUT2D eigenvalue weighted by Gasteiger charge is -2.39. The number of rotatable bonds is 3. The Morgan fingerprint density at radius 2 is 2.19 bits per heavy atom. The van der Waals surface area contributed by atoms with Gasteiger partial charge in [0.1, 0.15) is 6.04 Å². The third-order valence-electron chi connectivity index (χ3n) is 4.26. The Bertz CT molecular complexity index is 494. The molecule has 0 saturated carbocycles. The van der Waals surface area contributed by atoms with Crippen molar-refractivity contribution in [3.05, 3.63) is 18.0 Å². The van der Waals surface area contributed by atoms with Gasteiger partial charge in [-0.15, -0.1) is 0 Å². The van der Waals surface area contributed by atoms with Gasteiger partial charge in [-0.05, 0) is 32.8 Å². The molecule has 1 saturated heterocycles. The van der Waals surface area contributed by atoms with Crippen molar-refractivity contribution in [2.24, 2.45) is 0 Å². The number of fused-ring (bicyclic) bond motifs is 1. The van der Waals surface area contributed by atoms with Crippen molar-refractivity contribution in [1.82, 2.24) is 20.0 Å². The van der Waals surface area contributed by atoms with E-state index in [1.807, 2.05) is 24.6 Å². The molecule has 1 atom stereocenters. The average Bonchev–Trinajstić information content (AvgIpc) is 2.94. The van der Waals surface area contributed by atoms with Crippen molar-refractivity contribution in [1.29, 1.82) is 0 Å². The van der Waals surface area contributed by atoms with Crippen LogP contribution < -0.4 is 5.32 Å². The predicted molar refractivity (Wildman–Crippen MR) is 78.8 cm³/mol. The molecule has 0 bridgehead atoms. The van der Waals surface area contributed by atoms with E-state index in [4.69, 9.17) is 4.74 Å². The lowest BCUT2D eigenvalue weighted by atomic mass is 10.0. The molecule has 0 radical (unpaired) electrons. The number of hydrogen-bond acceptors (Lipinski definition) is 4. The number of nitrogens with zero attached hydrogens (tertiary/aromatic N) is 3. The lowest BCUT2D eigenvalue weighted by Crippen LogP contribution is -2.50. The topological polar surface area (TPSA) is 59.4 Å². The molecule has 6 heteroatoms. The average molecular weight is 292 g/mol. The molecule has 0 aromatic carbocycles. The number of carbonyl (C=O) groups excluding carboxylic acids is 1. The Balaban J connectivity index is 1.78. The monoisotopic (exact) mass is 292 g/mol. The number of amides is 1. The molecular weight excluding hydrogens is 268 g/mol. The number of ether oxygens (including phenoxy) is 1. The molecular formula is C15H24N4O2. The summed E-state index contributed by atoms with van der Waals surface area (Å²) in [6.07, 6.45) is 3.89. The molecule has 1 fully saturated rings. The van der Waals surface area contributed by atoms with Crippen molar-refractivity contribution >= 4 is 5.91 Å². The third-order valence-corrected chi connectivity index (χ3v) is 4.26. The molecule has 1 unspecified atom stereocenters. The largest absolute Gasteiger partial charge is 0.381 e. The first-order valence-corrected chi connectivity index (χ1v) is 7.79. The highest BCUT2D eigenvalue weighted by Crippen LogP contribution is 2.25. The van der Waals surface area contributed by atoms with Gasteiger partial charge in [-0.2, -0.15) is 5.10 Å². The van der Waals surface area contributed by atoms with Gasteiger partial charge in [0.2, 0.25) is 5.91 Å². The first-order valence-electron chi connectivity index (χ1n) is 7.79. The lowest BCUT2D eigenvalue weighted by molar-refractivity contribution is -0.127. The molecule has 21 heavy (non-hydrogen) atoms. The quantitative estimate of drug-likeness (QED) is 0.901. The number of carbonyl (C=O) groups is 1. The zero-order valence-electron chi connectivity index (χ0n) is 12.8. The Hall–Kier alpha value is -1.40. The SMILES string of the molecule is CC(C)NC(=O)C1CN(C2CCOCC2)Cc2ccnn21. The zero-order valence-corrected chi connectivity index (χ0v) is 12.8. The van der Waals surface area contributed by atoms with E-state index in [0.717, 1.165) is 44.8 Å². The Morgan fingerprint density at radius 3 is 2.90 bits per heavy atom. The summed E-state index contributed by atoms with van der Waals surface area (Å²) in [6, 6.07) is 2.45. The van der Waals surface area contributed by atoms with Crippen LogP contribution in [-0.2, 0) is 16.1 Å². The summed E-state index contributed by atoms with van der Waals surface area (Å²) in [4.78, 5) is 14.9. The summed E-state index contributed by atoms with van der Waals surface area (Å²) in [6.45, 7) is 7.22. The van der Waals surface area contributed by atoms with E-state index in [0.29, 0.717) is 6.04 Å². The summed E-state index contributed by atoms with van der Waals surface area (Å²) < 4.78 is 7.33. The van der Waals surface area contributed by atoms with E-state index in [1.165, 1.54) is 0 Å². The van der Waals surface area contributed by atoms with Gasteiger partial charge in [0.15, 0.2) is 0 Å². The normalized spacial score (nSPS) is 24.0. The van der Waals surface area contributed by atoms with Crippen LogP contribution >= 0.6 is 0 Å². The highest BCUT2D eigenvalue weighted by atomic mass is 16.5. The summed E-state index contributed by atoms with van der Waals surface area (Å²) in [7, 11) is 0. The number of nitrogens with one attached hydrogen (secondary N) is 1. The molecule has 1 amide bonds. The van der Waals surface area contributed by atoms with Crippen LogP contribution in [0.4, 0.5) is 0 Å². The second-order valence-corrected chi connectivity index (χ2v) is 6.22. The Kier molecular flexibility index (Phi) is 4.26. The molecule has 2 aliphatic heterocycles. The van der Waals surface area contributed by atoms with Crippen LogP contribution in [0.3, 0.4) is 0 Å². The molecule has 3 heterocycles. The molecule has 0 spiro atoms. The van der Waals surface area contributed by atoms with Crippen molar-refractivity contribution in [3.8, 4) is 0 Å². The van der Waals surface area contributed by atoms with Crippen molar-refractivity contribution in [3.63, 3.8) is 0 Å². The van der Waals surface area contributed by atoms with Gasteiger partial charge in [0.25, 0.3) is 0 Å². The summed E-state index contributed by atoms with van der Waals surface area (Å²) in [5.74, 6) is 0.0618. The first kappa shape index (κ1) is 14.5. The molecule has 1 N–H and O–H groups in total. The maximum absolute atomic E-state index is 12.5. The van der Waals surface area contributed by atoms with Crippen molar-refractivity contribution < 1.29 is 9.53 Å². The molecule has 2 aliphatic rings. The van der Waals surface area contributed by atoms with E-state index >= 15 is 0 Å². The minimum atomic E-state index is -0.228. The minimum absolute atomic E-state index is 0.0618. The van der Waals surface area contributed by atoms with Gasteiger partial charge in [0.05, 0.1) is 5.69 Å². The second-order valence-electron chi connectivity index (χ2n) is 6.22. The maximum Gasteiger partial charge on any atom is 0.246 e. The van der Waals surface area contributed by atoms with Gasteiger partial charge in [0, 0.05) is 44.6 Å². The van der Waals surface area contributed by atoms with Gasteiger partial charge < -0.3 is 10.1 Å². The molecule has 116 valence electrons. The fourth-order valence-electron chi connectivity index (χ4n) is 3.22.